The summed E-state index contributed by atoms with van der Waals surface area (Å²) in [6.07, 6.45) is 2.23. The minimum absolute atomic E-state index is 0.127. The Labute approximate surface area is 151 Å². The summed E-state index contributed by atoms with van der Waals surface area (Å²) in [6.45, 7) is 8.04. The zero-order valence-corrected chi connectivity index (χ0v) is 15.6. The Morgan fingerprint density at radius 1 is 0.920 bits per heavy atom. The van der Waals surface area contributed by atoms with Gasteiger partial charge in [-0.1, -0.05) is 81.4 Å². The monoisotopic (exact) mass is 335 g/mol. The number of carbonyl (C=O) groups excluding carboxylic acids is 1. The molecule has 0 N–H and O–H groups in total. The third-order valence-electron chi connectivity index (χ3n) is 5.27. The Bertz CT molecular complexity index is 679. The molecule has 0 amide bonds. The number of nitrogens with zero attached hydrogens (tertiary/aromatic N) is 1. The molecule has 1 saturated heterocycles. The highest BCUT2D eigenvalue weighted by atomic mass is 16.1. The summed E-state index contributed by atoms with van der Waals surface area (Å²) in [6, 6.07) is 20.9. The number of hydrogen-bond donors (Lipinski definition) is 0. The van der Waals surface area contributed by atoms with Gasteiger partial charge in [0.15, 0.2) is 5.78 Å². The highest BCUT2D eigenvalue weighted by Crippen LogP contribution is 2.35. The summed E-state index contributed by atoms with van der Waals surface area (Å²) in [5.74, 6) is 0.926. The average Bonchev–Trinajstić information content (AvgIpc) is 2.63. The lowest BCUT2D eigenvalue weighted by Gasteiger charge is -2.39. The van der Waals surface area contributed by atoms with Gasteiger partial charge in [0.25, 0.3) is 0 Å². The Morgan fingerprint density at radius 3 is 1.96 bits per heavy atom. The van der Waals surface area contributed by atoms with Crippen LogP contribution < -0.4 is 0 Å². The predicted molar refractivity (Wildman–Crippen MR) is 104 cm³/mol. The lowest BCUT2D eigenvalue weighted by molar-refractivity contribution is -0.132. The van der Waals surface area contributed by atoms with E-state index in [4.69, 9.17) is 0 Å². The van der Waals surface area contributed by atoms with E-state index in [1.165, 1.54) is 5.56 Å². The van der Waals surface area contributed by atoms with Gasteiger partial charge in [0.1, 0.15) is 0 Å². The Kier molecular flexibility index (Phi) is 5.39. The molecule has 0 spiro atoms. The summed E-state index contributed by atoms with van der Waals surface area (Å²) in [5, 5.41) is 0. The Balaban J connectivity index is 1.78. The lowest BCUT2D eigenvalue weighted by atomic mass is 9.81. The largest absolute Gasteiger partial charge is 0.297 e. The van der Waals surface area contributed by atoms with Crippen molar-refractivity contribution in [3.8, 4) is 0 Å². The van der Waals surface area contributed by atoms with Crippen LogP contribution in [0.25, 0.3) is 0 Å². The molecular weight excluding hydrogens is 306 g/mol. The van der Waals surface area contributed by atoms with Gasteiger partial charge in [0.2, 0.25) is 0 Å². The van der Waals surface area contributed by atoms with Crippen LogP contribution in [0.2, 0.25) is 0 Å². The van der Waals surface area contributed by atoms with Crippen LogP contribution in [0.5, 0.6) is 0 Å². The van der Waals surface area contributed by atoms with Crippen LogP contribution in [0.4, 0.5) is 0 Å². The van der Waals surface area contributed by atoms with Crippen molar-refractivity contribution in [3.63, 3.8) is 0 Å². The summed E-state index contributed by atoms with van der Waals surface area (Å²) in [7, 11) is 0. The molecule has 1 aliphatic rings. The Hall–Kier alpha value is -1.93. The van der Waals surface area contributed by atoms with E-state index in [2.05, 4.69) is 47.4 Å². The van der Waals surface area contributed by atoms with Crippen LogP contribution in [-0.2, 0) is 4.79 Å². The van der Waals surface area contributed by atoms with Gasteiger partial charge in [-0.05, 0) is 43.0 Å². The number of hydrogen-bond acceptors (Lipinski definition) is 2. The van der Waals surface area contributed by atoms with Crippen molar-refractivity contribution in [1.29, 1.82) is 0 Å². The quantitative estimate of drug-likeness (QED) is 0.763. The van der Waals surface area contributed by atoms with E-state index in [9.17, 15) is 4.79 Å². The average molecular weight is 335 g/mol. The maximum Gasteiger partial charge on any atom is 0.159 e. The molecule has 2 heteroatoms. The predicted octanol–water partition coefficient (Wildman–Crippen LogP) is 5.22. The van der Waals surface area contributed by atoms with Gasteiger partial charge in [-0.2, -0.15) is 0 Å². The SMILES string of the molecule is CC(C)(C)C(=O)[C@@H](c1ccccc1)N1CCC(c2ccccc2)CC1. The van der Waals surface area contributed by atoms with E-state index < -0.39 is 0 Å². The number of benzene rings is 2. The van der Waals surface area contributed by atoms with Gasteiger partial charge in [-0.15, -0.1) is 0 Å². The van der Waals surface area contributed by atoms with E-state index in [0.29, 0.717) is 11.7 Å². The maximum atomic E-state index is 13.2. The van der Waals surface area contributed by atoms with Crippen molar-refractivity contribution in [2.24, 2.45) is 5.41 Å². The fraction of sp³-hybridized carbons (Fsp3) is 0.435. The fourth-order valence-electron chi connectivity index (χ4n) is 3.79. The van der Waals surface area contributed by atoms with Crippen molar-refractivity contribution in [2.75, 3.05) is 13.1 Å². The summed E-state index contributed by atoms with van der Waals surface area (Å²) >= 11 is 0. The van der Waals surface area contributed by atoms with Crippen LogP contribution in [-0.4, -0.2) is 23.8 Å². The number of Topliss-reactive ketones (excluding diaryl/α,β-unsaturated/α-hetero) is 1. The minimum atomic E-state index is -0.337. The van der Waals surface area contributed by atoms with Crippen molar-refractivity contribution in [2.45, 2.75) is 45.6 Å². The van der Waals surface area contributed by atoms with E-state index in [-0.39, 0.29) is 11.5 Å². The summed E-state index contributed by atoms with van der Waals surface area (Å²) in [5.41, 5.74) is 2.22. The first-order chi connectivity index (χ1) is 12.0. The third kappa shape index (κ3) is 4.19. The van der Waals surface area contributed by atoms with Crippen molar-refractivity contribution >= 4 is 5.78 Å². The van der Waals surface area contributed by atoms with Gasteiger partial charge in [-0.25, -0.2) is 0 Å². The molecule has 1 heterocycles. The first kappa shape index (κ1) is 17.9. The number of likely N-dealkylation sites (tertiary alicyclic amines) is 1. The van der Waals surface area contributed by atoms with E-state index in [0.717, 1.165) is 31.5 Å². The zero-order valence-electron chi connectivity index (χ0n) is 15.6. The van der Waals surface area contributed by atoms with Crippen LogP contribution in [0.15, 0.2) is 60.7 Å². The normalized spacial score (nSPS) is 18.0. The van der Waals surface area contributed by atoms with Gasteiger partial charge in [0.05, 0.1) is 6.04 Å². The van der Waals surface area contributed by atoms with Gasteiger partial charge in [-0.3, -0.25) is 9.69 Å². The molecule has 2 aromatic rings. The van der Waals surface area contributed by atoms with Crippen molar-refractivity contribution < 1.29 is 4.79 Å². The highest BCUT2D eigenvalue weighted by Gasteiger charge is 2.36. The summed E-state index contributed by atoms with van der Waals surface area (Å²) in [4.78, 5) is 15.6. The molecule has 0 bridgehead atoms. The van der Waals surface area contributed by atoms with Crippen LogP contribution in [0.3, 0.4) is 0 Å². The van der Waals surface area contributed by atoms with Gasteiger partial charge in [0, 0.05) is 5.41 Å². The first-order valence-corrected chi connectivity index (χ1v) is 9.35. The van der Waals surface area contributed by atoms with Crippen LogP contribution in [0.1, 0.15) is 56.7 Å². The first-order valence-electron chi connectivity index (χ1n) is 9.35. The second-order valence-corrected chi connectivity index (χ2v) is 8.15. The molecule has 2 nitrogen and oxygen atoms in total. The second-order valence-electron chi connectivity index (χ2n) is 8.15. The smallest absolute Gasteiger partial charge is 0.159 e. The number of piperidine rings is 1. The zero-order chi connectivity index (χ0) is 17.9. The molecular formula is C23H29NO. The summed E-state index contributed by atoms with van der Waals surface area (Å²) < 4.78 is 0. The molecule has 1 atom stereocenters. The van der Waals surface area contributed by atoms with Crippen LogP contribution >= 0.6 is 0 Å². The molecule has 0 aromatic heterocycles. The molecule has 132 valence electrons. The maximum absolute atomic E-state index is 13.2. The van der Waals surface area contributed by atoms with Crippen LogP contribution in [0, 0.1) is 5.41 Å². The highest BCUT2D eigenvalue weighted by molar-refractivity contribution is 5.89. The topological polar surface area (TPSA) is 20.3 Å². The molecule has 3 rings (SSSR count). The number of carbonyl (C=O) groups is 1. The van der Waals surface area contributed by atoms with Gasteiger partial charge < -0.3 is 0 Å². The molecule has 1 fully saturated rings. The second kappa shape index (κ2) is 7.53. The molecule has 0 saturated carbocycles. The molecule has 0 radical (unpaired) electrons. The molecule has 25 heavy (non-hydrogen) atoms. The molecule has 2 aromatic carbocycles. The van der Waals surface area contributed by atoms with Crippen molar-refractivity contribution in [3.05, 3.63) is 71.8 Å². The third-order valence-corrected chi connectivity index (χ3v) is 5.27. The standard InChI is InChI=1S/C23H29NO/c1-23(2,3)22(25)21(20-12-8-5-9-13-20)24-16-14-19(15-17-24)18-10-6-4-7-11-18/h4-13,19,21H,14-17H2,1-3H3/t21-/m1/s1. The molecule has 0 unspecified atom stereocenters. The van der Waals surface area contributed by atoms with Crippen molar-refractivity contribution in [1.82, 2.24) is 4.90 Å². The molecule has 1 aliphatic heterocycles. The minimum Gasteiger partial charge on any atom is -0.297 e. The van der Waals surface area contributed by atoms with Gasteiger partial charge >= 0.3 is 0 Å². The molecule has 0 aliphatic carbocycles. The Morgan fingerprint density at radius 2 is 1.44 bits per heavy atom. The number of rotatable bonds is 4. The van der Waals surface area contributed by atoms with E-state index in [1.807, 2.05) is 39.0 Å². The van der Waals surface area contributed by atoms with E-state index >= 15 is 0 Å². The van der Waals surface area contributed by atoms with E-state index in [1.54, 1.807) is 0 Å². The fourth-order valence-corrected chi connectivity index (χ4v) is 3.79. The number of ketones is 1. The lowest BCUT2D eigenvalue weighted by Crippen LogP contribution is -2.43.